The van der Waals surface area contributed by atoms with Crippen LogP contribution in [0.4, 0.5) is 0 Å². The smallest absolute Gasteiger partial charge is 0.328 e. The molecule has 0 aliphatic rings. The first-order valence-electron chi connectivity index (χ1n) is 5.33. The molecule has 0 aliphatic heterocycles. The summed E-state index contributed by atoms with van der Waals surface area (Å²) in [6.07, 6.45) is 0. The second-order valence-corrected chi connectivity index (χ2v) is 4.76. The summed E-state index contributed by atoms with van der Waals surface area (Å²) in [6.45, 7) is 0. The summed E-state index contributed by atoms with van der Waals surface area (Å²) in [7, 11) is 2.94. The van der Waals surface area contributed by atoms with Gasteiger partial charge in [0.15, 0.2) is 5.75 Å². The number of halogens is 3. The van der Waals surface area contributed by atoms with Crippen molar-refractivity contribution in [3.05, 3.63) is 33.3 Å². The third-order valence-corrected chi connectivity index (χ3v) is 3.27. The van der Waals surface area contributed by atoms with Crippen molar-refractivity contribution < 1.29 is 14.2 Å². The maximum absolute atomic E-state index is 6.01. The summed E-state index contributed by atoms with van der Waals surface area (Å²) < 4.78 is 15.5. The number of rotatable bonds is 4. The molecule has 0 atom stereocenters. The van der Waals surface area contributed by atoms with Gasteiger partial charge in [-0.3, -0.25) is 0 Å². The minimum Gasteiger partial charge on any atom is -0.481 e. The third kappa shape index (κ3) is 3.36. The second-order valence-electron chi connectivity index (χ2n) is 3.53. The molecular weight excluding hydrogens is 327 g/mol. The molecular formula is C12H9Cl3N2O3. The van der Waals surface area contributed by atoms with Crippen molar-refractivity contribution in [3.8, 4) is 23.5 Å². The third-order valence-electron chi connectivity index (χ3n) is 2.25. The van der Waals surface area contributed by atoms with Gasteiger partial charge in [-0.25, -0.2) is 0 Å². The van der Waals surface area contributed by atoms with Gasteiger partial charge in [0.1, 0.15) is 0 Å². The van der Waals surface area contributed by atoms with E-state index in [1.54, 1.807) is 0 Å². The average molecular weight is 336 g/mol. The van der Waals surface area contributed by atoms with Crippen LogP contribution in [0.2, 0.25) is 15.1 Å². The maximum atomic E-state index is 6.01. The van der Waals surface area contributed by atoms with Crippen molar-refractivity contribution in [1.82, 2.24) is 9.97 Å². The van der Waals surface area contributed by atoms with Crippen LogP contribution in [0.25, 0.3) is 0 Å². The molecule has 2 rings (SSSR count). The number of methoxy groups -OCH3 is 2. The lowest BCUT2D eigenvalue weighted by atomic mass is 10.3. The number of benzene rings is 1. The Bertz CT molecular complexity index is 615. The Labute approximate surface area is 130 Å². The molecule has 106 valence electrons. The van der Waals surface area contributed by atoms with Gasteiger partial charge >= 0.3 is 6.01 Å². The average Bonchev–Trinajstić information content (AvgIpc) is 2.44. The minimum absolute atomic E-state index is 0.0153. The predicted octanol–water partition coefficient (Wildman–Crippen LogP) is 4.25. The summed E-state index contributed by atoms with van der Waals surface area (Å²) in [5.74, 6) is 0.863. The van der Waals surface area contributed by atoms with Gasteiger partial charge in [0.25, 0.3) is 0 Å². The molecule has 8 heteroatoms. The molecule has 0 fully saturated rings. The van der Waals surface area contributed by atoms with Crippen LogP contribution in [-0.2, 0) is 0 Å². The van der Waals surface area contributed by atoms with Crippen LogP contribution < -0.4 is 14.2 Å². The normalized spacial score (nSPS) is 10.2. The first kappa shape index (κ1) is 15.0. The summed E-state index contributed by atoms with van der Waals surface area (Å²) in [5, 5.41) is 0.916. The monoisotopic (exact) mass is 334 g/mol. The molecule has 0 aliphatic carbocycles. The minimum atomic E-state index is 0.0153. The van der Waals surface area contributed by atoms with E-state index in [1.165, 1.54) is 32.4 Å². The van der Waals surface area contributed by atoms with E-state index in [0.29, 0.717) is 21.8 Å². The number of aromatic nitrogens is 2. The molecule has 0 radical (unpaired) electrons. The molecule has 0 unspecified atom stereocenters. The Hall–Kier alpha value is -1.43. The summed E-state index contributed by atoms with van der Waals surface area (Å²) in [4.78, 5) is 8.04. The van der Waals surface area contributed by atoms with Gasteiger partial charge in [-0.2, -0.15) is 9.97 Å². The fourth-order valence-corrected chi connectivity index (χ4v) is 1.89. The van der Waals surface area contributed by atoms with Crippen molar-refractivity contribution in [3.63, 3.8) is 0 Å². The molecule has 2 aromatic rings. The lowest BCUT2D eigenvalue weighted by Crippen LogP contribution is -1.98. The van der Waals surface area contributed by atoms with E-state index in [0.717, 1.165) is 0 Å². The van der Waals surface area contributed by atoms with Gasteiger partial charge in [-0.1, -0.05) is 34.8 Å². The molecule has 1 aromatic heterocycles. The first-order valence-corrected chi connectivity index (χ1v) is 6.46. The van der Waals surface area contributed by atoms with Gasteiger partial charge in [-0.15, -0.1) is 0 Å². The highest BCUT2D eigenvalue weighted by atomic mass is 35.5. The number of hydrogen-bond donors (Lipinski definition) is 0. The van der Waals surface area contributed by atoms with E-state index in [9.17, 15) is 0 Å². The lowest BCUT2D eigenvalue weighted by Gasteiger charge is -2.09. The Morgan fingerprint density at radius 1 is 0.800 bits per heavy atom. The molecule has 0 spiro atoms. The Balaban J connectivity index is 2.36. The van der Waals surface area contributed by atoms with Crippen LogP contribution in [0, 0.1) is 0 Å². The fourth-order valence-electron chi connectivity index (χ4n) is 1.32. The fraction of sp³-hybridized carbons (Fsp3) is 0.167. The summed E-state index contributed by atoms with van der Waals surface area (Å²) >= 11 is 17.8. The van der Waals surface area contributed by atoms with Gasteiger partial charge in [0.2, 0.25) is 11.8 Å². The molecule has 0 saturated carbocycles. The van der Waals surface area contributed by atoms with E-state index in [-0.39, 0.29) is 16.8 Å². The zero-order valence-corrected chi connectivity index (χ0v) is 12.8. The summed E-state index contributed by atoms with van der Waals surface area (Å²) in [6, 6.07) is 4.48. The van der Waals surface area contributed by atoms with E-state index >= 15 is 0 Å². The SMILES string of the molecule is COc1cc(OC)nc(Oc2cc(Cl)c(Cl)cc2Cl)n1. The lowest BCUT2D eigenvalue weighted by molar-refractivity contribution is 0.348. The van der Waals surface area contributed by atoms with Crippen LogP contribution in [0.1, 0.15) is 0 Å². The first-order chi connectivity index (χ1) is 9.53. The standard InChI is InChI=1S/C12H9Cl3N2O3/c1-18-10-5-11(19-2)17-12(16-10)20-9-4-7(14)6(13)3-8(9)15/h3-5H,1-2H3. The van der Waals surface area contributed by atoms with Crippen molar-refractivity contribution in [2.75, 3.05) is 14.2 Å². The zero-order chi connectivity index (χ0) is 14.7. The quantitative estimate of drug-likeness (QED) is 0.782. The van der Waals surface area contributed by atoms with Crippen LogP contribution in [0.5, 0.6) is 23.5 Å². The Morgan fingerprint density at radius 2 is 1.35 bits per heavy atom. The van der Waals surface area contributed by atoms with E-state index in [2.05, 4.69) is 9.97 Å². The molecule has 1 aromatic carbocycles. The van der Waals surface area contributed by atoms with Crippen molar-refractivity contribution >= 4 is 34.8 Å². The van der Waals surface area contributed by atoms with Gasteiger partial charge in [0, 0.05) is 6.07 Å². The van der Waals surface area contributed by atoms with E-state index in [1.807, 2.05) is 0 Å². The highest BCUT2D eigenvalue weighted by molar-refractivity contribution is 6.43. The van der Waals surface area contributed by atoms with E-state index < -0.39 is 0 Å². The van der Waals surface area contributed by atoms with Crippen LogP contribution >= 0.6 is 34.8 Å². The Kier molecular flexibility index (Phi) is 4.75. The van der Waals surface area contributed by atoms with Gasteiger partial charge < -0.3 is 14.2 Å². The number of hydrogen-bond acceptors (Lipinski definition) is 5. The van der Waals surface area contributed by atoms with Crippen molar-refractivity contribution in [2.45, 2.75) is 0 Å². The second kappa shape index (κ2) is 6.35. The number of ether oxygens (including phenoxy) is 3. The molecule has 1 heterocycles. The molecule has 0 bridgehead atoms. The topological polar surface area (TPSA) is 53.5 Å². The molecule has 0 N–H and O–H groups in total. The van der Waals surface area contributed by atoms with Gasteiger partial charge in [0.05, 0.1) is 35.4 Å². The predicted molar refractivity (Wildman–Crippen MR) is 76.7 cm³/mol. The largest absolute Gasteiger partial charge is 0.481 e. The summed E-state index contributed by atoms with van der Waals surface area (Å²) in [5.41, 5.74) is 0. The van der Waals surface area contributed by atoms with Crippen LogP contribution in [-0.4, -0.2) is 24.2 Å². The highest BCUT2D eigenvalue weighted by Gasteiger charge is 2.12. The van der Waals surface area contributed by atoms with Crippen molar-refractivity contribution in [1.29, 1.82) is 0 Å². The number of nitrogens with zero attached hydrogens (tertiary/aromatic N) is 2. The Morgan fingerprint density at radius 3 is 1.90 bits per heavy atom. The van der Waals surface area contributed by atoms with Crippen LogP contribution in [0.3, 0.4) is 0 Å². The maximum Gasteiger partial charge on any atom is 0.328 e. The zero-order valence-electron chi connectivity index (χ0n) is 10.5. The van der Waals surface area contributed by atoms with Crippen LogP contribution in [0.15, 0.2) is 18.2 Å². The van der Waals surface area contributed by atoms with Gasteiger partial charge in [-0.05, 0) is 6.07 Å². The molecule has 5 nitrogen and oxygen atoms in total. The molecule has 0 amide bonds. The van der Waals surface area contributed by atoms with E-state index in [4.69, 9.17) is 49.0 Å². The molecule has 0 saturated heterocycles. The highest BCUT2D eigenvalue weighted by Crippen LogP contribution is 2.36. The van der Waals surface area contributed by atoms with Crippen molar-refractivity contribution in [2.24, 2.45) is 0 Å². The molecule has 20 heavy (non-hydrogen) atoms.